The van der Waals surface area contributed by atoms with Crippen LogP contribution < -0.4 is 5.32 Å². The molecule has 1 heteroatoms. The van der Waals surface area contributed by atoms with Crippen LogP contribution in [-0.4, -0.2) is 0 Å². The second kappa shape index (κ2) is 3.81. The Morgan fingerprint density at radius 2 is 2.27 bits per heavy atom. The summed E-state index contributed by atoms with van der Waals surface area (Å²) in [4.78, 5) is 0. The molecule has 1 N–H and O–H groups in total. The molecule has 0 saturated carbocycles. The molecule has 1 nitrogen and oxygen atoms in total. The Hall–Kier alpha value is -1.24. The minimum Gasteiger partial charge on any atom is -0.362 e. The summed E-state index contributed by atoms with van der Waals surface area (Å²) in [5.74, 6) is 0. The van der Waals surface area contributed by atoms with Gasteiger partial charge in [-0.3, -0.25) is 0 Å². The van der Waals surface area contributed by atoms with E-state index >= 15 is 0 Å². The third-order valence-electron chi connectivity index (χ3n) is 1.51. The summed E-state index contributed by atoms with van der Waals surface area (Å²) < 4.78 is 0. The quantitative estimate of drug-likeness (QED) is 0.555. The van der Waals surface area contributed by atoms with Gasteiger partial charge in [-0.05, 0) is 25.6 Å². The summed E-state index contributed by atoms with van der Waals surface area (Å²) in [5.41, 5.74) is 2.20. The molecule has 0 bridgehead atoms. The number of hydrogen-bond donors (Lipinski definition) is 1. The summed E-state index contributed by atoms with van der Waals surface area (Å²) in [6, 6.07) is 0. The molecule has 0 aromatic carbocycles. The van der Waals surface area contributed by atoms with E-state index in [0.29, 0.717) is 0 Å². The zero-order valence-corrected chi connectivity index (χ0v) is 6.80. The van der Waals surface area contributed by atoms with E-state index < -0.39 is 0 Å². The lowest BCUT2D eigenvalue weighted by atomic mass is 10.2. The molecule has 0 radical (unpaired) electrons. The Bertz CT molecular complexity index is 231. The number of allylic oxidation sites excluding steroid dienone is 5. The van der Waals surface area contributed by atoms with E-state index in [-0.39, 0.29) is 0 Å². The first-order valence-electron chi connectivity index (χ1n) is 3.74. The Morgan fingerprint density at radius 1 is 1.45 bits per heavy atom. The smallest absolute Gasteiger partial charge is 0.0306 e. The Labute approximate surface area is 67.8 Å². The predicted octanol–water partition coefficient (Wildman–Crippen LogP) is 2.51. The molecule has 58 valence electrons. The van der Waals surface area contributed by atoms with Crippen LogP contribution in [0.25, 0.3) is 0 Å². The number of rotatable bonds is 0. The first-order valence-corrected chi connectivity index (χ1v) is 3.74. The van der Waals surface area contributed by atoms with E-state index in [0.717, 1.165) is 12.1 Å². The lowest BCUT2D eigenvalue weighted by molar-refractivity contribution is 1.11. The normalized spacial score (nSPS) is 28.5. The average molecular weight is 147 g/mol. The maximum Gasteiger partial charge on any atom is 0.0306 e. The van der Waals surface area contributed by atoms with Gasteiger partial charge in [0.1, 0.15) is 0 Å². The first kappa shape index (κ1) is 7.86. The SMILES string of the molecule is C=C1/C=C\C(C)=C/C/C=C\N1. The van der Waals surface area contributed by atoms with E-state index in [9.17, 15) is 0 Å². The molecule has 1 rings (SSSR count). The maximum absolute atomic E-state index is 3.82. The molecule has 0 unspecified atom stereocenters. The molecule has 0 spiro atoms. The van der Waals surface area contributed by atoms with Crippen molar-refractivity contribution < 1.29 is 0 Å². The van der Waals surface area contributed by atoms with E-state index in [1.165, 1.54) is 5.57 Å². The molecular formula is C10H13N. The third-order valence-corrected chi connectivity index (χ3v) is 1.51. The van der Waals surface area contributed by atoms with Crippen molar-refractivity contribution in [2.45, 2.75) is 13.3 Å². The monoisotopic (exact) mass is 147 g/mol. The maximum atomic E-state index is 3.82. The van der Waals surface area contributed by atoms with Crippen LogP contribution >= 0.6 is 0 Å². The van der Waals surface area contributed by atoms with E-state index in [4.69, 9.17) is 0 Å². The summed E-state index contributed by atoms with van der Waals surface area (Å²) in [6.45, 7) is 5.90. The number of hydrogen-bond acceptors (Lipinski definition) is 1. The topological polar surface area (TPSA) is 12.0 Å². The fraction of sp³-hybridized carbons (Fsp3) is 0.200. The van der Waals surface area contributed by atoms with Crippen LogP contribution in [-0.2, 0) is 0 Å². The van der Waals surface area contributed by atoms with Gasteiger partial charge in [-0.25, -0.2) is 0 Å². The molecule has 1 aliphatic heterocycles. The zero-order chi connectivity index (χ0) is 8.10. The average Bonchev–Trinajstić information content (AvgIpc) is 2.06. The predicted molar refractivity (Wildman–Crippen MR) is 48.9 cm³/mol. The van der Waals surface area contributed by atoms with Crippen LogP contribution in [0.4, 0.5) is 0 Å². The highest BCUT2D eigenvalue weighted by molar-refractivity contribution is 5.26. The highest BCUT2D eigenvalue weighted by Gasteiger charge is 1.86. The van der Waals surface area contributed by atoms with Crippen LogP contribution in [0, 0.1) is 0 Å². The fourth-order valence-corrected chi connectivity index (χ4v) is 0.836. The van der Waals surface area contributed by atoms with Gasteiger partial charge in [0, 0.05) is 5.70 Å². The van der Waals surface area contributed by atoms with Crippen molar-refractivity contribution in [2.24, 2.45) is 0 Å². The first-order chi connectivity index (χ1) is 5.29. The molecule has 0 aromatic rings. The Kier molecular flexibility index (Phi) is 2.73. The molecule has 0 saturated heterocycles. The van der Waals surface area contributed by atoms with Gasteiger partial charge < -0.3 is 5.32 Å². The van der Waals surface area contributed by atoms with Gasteiger partial charge in [-0.2, -0.15) is 0 Å². The van der Waals surface area contributed by atoms with Crippen molar-refractivity contribution in [3.05, 3.63) is 48.4 Å². The highest BCUT2D eigenvalue weighted by Crippen LogP contribution is 2.02. The van der Waals surface area contributed by atoms with Crippen molar-refractivity contribution >= 4 is 0 Å². The van der Waals surface area contributed by atoms with Gasteiger partial charge in [0.25, 0.3) is 0 Å². The zero-order valence-electron chi connectivity index (χ0n) is 6.80. The van der Waals surface area contributed by atoms with Crippen molar-refractivity contribution in [3.8, 4) is 0 Å². The lowest BCUT2D eigenvalue weighted by Crippen LogP contribution is -1.99. The van der Waals surface area contributed by atoms with Gasteiger partial charge in [0.15, 0.2) is 0 Å². The minimum absolute atomic E-state index is 0.927. The molecule has 11 heavy (non-hydrogen) atoms. The Balaban J connectivity index is 2.74. The summed E-state index contributed by atoms with van der Waals surface area (Å²) >= 11 is 0. The van der Waals surface area contributed by atoms with Crippen LogP contribution in [0.15, 0.2) is 48.4 Å². The number of nitrogens with one attached hydrogen (secondary N) is 1. The van der Waals surface area contributed by atoms with Gasteiger partial charge in [0.05, 0.1) is 0 Å². The third kappa shape index (κ3) is 2.89. The molecule has 0 aliphatic carbocycles. The molecule has 0 atom stereocenters. The Morgan fingerprint density at radius 3 is 3.09 bits per heavy atom. The summed E-state index contributed by atoms with van der Waals surface area (Å²) in [6.07, 6.45) is 11.2. The summed E-state index contributed by atoms with van der Waals surface area (Å²) in [5, 5.41) is 3.05. The molecule has 0 amide bonds. The van der Waals surface area contributed by atoms with Gasteiger partial charge >= 0.3 is 0 Å². The van der Waals surface area contributed by atoms with Crippen molar-refractivity contribution in [1.29, 1.82) is 0 Å². The fourth-order valence-electron chi connectivity index (χ4n) is 0.836. The second-order valence-electron chi connectivity index (χ2n) is 2.59. The van der Waals surface area contributed by atoms with Gasteiger partial charge in [0.2, 0.25) is 0 Å². The van der Waals surface area contributed by atoms with Crippen LogP contribution in [0.5, 0.6) is 0 Å². The molecule has 1 heterocycles. The lowest BCUT2D eigenvalue weighted by Gasteiger charge is -1.95. The van der Waals surface area contributed by atoms with Crippen LogP contribution in [0.3, 0.4) is 0 Å². The van der Waals surface area contributed by atoms with Crippen molar-refractivity contribution in [3.63, 3.8) is 0 Å². The van der Waals surface area contributed by atoms with Gasteiger partial charge in [-0.1, -0.05) is 30.4 Å². The molecule has 1 aliphatic rings. The van der Waals surface area contributed by atoms with Crippen molar-refractivity contribution in [2.75, 3.05) is 0 Å². The summed E-state index contributed by atoms with van der Waals surface area (Å²) in [7, 11) is 0. The van der Waals surface area contributed by atoms with E-state index in [1.54, 1.807) is 0 Å². The molecular weight excluding hydrogens is 134 g/mol. The molecule has 0 fully saturated rings. The standard InChI is InChI=1S/C10H13N/c1-9-5-3-4-8-11-10(2)7-6-9/h4-8,11H,2-3H2,1H3/b7-6-,8-4-,9-5-. The van der Waals surface area contributed by atoms with E-state index in [2.05, 4.69) is 37.0 Å². The molecule has 0 aromatic heterocycles. The minimum atomic E-state index is 0.927. The van der Waals surface area contributed by atoms with Crippen molar-refractivity contribution in [1.82, 2.24) is 5.32 Å². The van der Waals surface area contributed by atoms with Gasteiger partial charge in [-0.15, -0.1) is 0 Å². The highest BCUT2D eigenvalue weighted by atomic mass is 14.8. The van der Waals surface area contributed by atoms with Crippen LogP contribution in [0.2, 0.25) is 0 Å². The largest absolute Gasteiger partial charge is 0.362 e. The van der Waals surface area contributed by atoms with Crippen LogP contribution in [0.1, 0.15) is 13.3 Å². The second-order valence-corrected chi connectivity index (χ2v) is 2.59. The van der Waals surface area contributed by atoms with E-state index in [1.807, 2.05) is 12.3 Å².